The second kappa shape index (κ2) is 6.95. The van der Waals surface area contributed by atoms with E-state index in [9.17, 15) is 5.11 Å². The van der Waals surface area contributed by atoms with Crippen molar-refractivity contribution in [1.29, 1.82) is 0 Å². The molecule has 1 aliphatic heterocycles. The van der Waals surface area contributed by atoms with E-state index in [2.05, 4.69) is 24.2 Å². The lowest BCUT2D eigenvalue weighted by atomic mass is 9.94. The first-order valence-corrected chi connectivity index (χ1v) is 7.47. The van der Waals surface area contributed by atoms with Gasteiger partial charge in [0, 0.05) is 24.7 Å². The van der Waals surface area contributed by atoms with Crippen LogP contribution in [0.3, 0.4) is 0 Å². The van der Waals surface area contributed by atoms with Gasteiger partial charge in [-0.1, -0.05) is 19.1 Å². The molecule has 0 bridgehead atoms. The van der Waals surface area contributed by atoms with E-state index in [0.29, 0.717) is 30.9 Å². The summed E-state index contributed by atoms with van der Waals surface area (Å²) in [4.78, 5) is 2.37. The Morgan fingerprint density at radius 1 is 1.45 bits per heavy atom. The van der Waals surface area contributed by atoms with Crippen molar-refractivity contribution in [2.45, 2.75) is 32.9 Å². The molecule has 20 heavy (non-hydrogen) atoms. The van der Waals surface area contributed by atoms with Crippen LogP contribution >= 0.6 is 0 Å². The molecule has 1 aromatic carbocycles. The standard InChI is InChI=1S/C16H26N2O2/c1-4-20-15-7-5-6-13(16(15)19)10-17-14-8-9-18(3)11-12(14)2/h5-7,12,14,17,19H,4,8-11H2,1-3H3. The zero-order chi connectivity index (χ0) is 14.5. The molecule has 4 nitrogen and oxygen atoms in total. The number of aromatic hydroxyl groups is 1. The molecule has 112 valence electrons. The largest absolute Gasteiger partial charge is 0.504 e. The monoisotopic (exact) mass is 278 g/mol. The van der Waals surface area contributed by atoms with E-state index >= 15 is 0 Å². The van der Waals surface area contributed by atoms with Crippen molar-refractivity contribution in [2.24, 2.45) is 5.92 Å². The lowest BCUT2D eigenvalue weighted by Gasteiger charge is -2.35. The highest BCUT2D eigenvalue weighted by atomic mass is 16.5. The molecule has 0 aliphatic carbocycles. The van der Waals surface area contributed by atoms with Crippen molar-refractivity contribution in [3.05, 3.63) is 23.8 Å². The number of phenolic OH excluding ortho intramolecular Hbond substituents is 1. The number of likely N-dealkylation sites (tertiary alicyclic amines) is 1. The third kappa shape index (κ3) is 3.64. The summed E-state index contributed by atoms with van der Waals surface area (Å²) in [5.41, 5.74) is 0.905. The Bertz CT molecular complexity index is 436. The molecule has 0 radical (unpaired) electrons. The molecule has 2 N–H and O–H groups in total. The van der Waals surface area contributed by atoms with Gasteiger partial charge >= 0.3 is 0 Å². The van der Waals surface area contributed by atoms with Crippen molar-refractivity contribution in [1.82, 2.24) is 10.2 Å². The van der Waals surface area contributed by atoms with Gasteiger partial charge in [-0.05, 0) is 38.9 Å². The van der Waals surface area contributed by atoms with Crippen LogP contribution in [0.2, 0.25) is 0 Å². The Hall–Kier alpha value is -1.26. The average molecular weight is 278 g/mol. The predicted octanol–water partition coefficient (Wildman–Crippen LogP) is 2.22. The molecule has 2 atom stereocenters. The lowest BCUT2D eigenvalue weighted by molar-refractivity contribution is 0.174. The van der Waals surface area contributed by atoms with Crippen LogP contribution < -0.4 is 10.1 Å². The minimum atomic E-state index is 0.266. The Morgan fingerprint density at radius 3 is 2.95 bits per heavy atom. The van der Waals surface area contributed by atoms with E-state index < -0.39 is 0 Å². The molecule has 2 rings (SSSR count). The Morgan fingerprint density at radius 2 is 2.25 bits per heavy atom. The Balaban J connectivity index is 1.95. The van der Waals surface area contributed by atoms with Crippen LogP contribution in [0.4, 0.5) is 0 Å². The van der Waals surface area contributed by atoms with Crippen molar-refractivity contribution < 1.29 is 9.84 Å². The van der Waals surface area contributed by atoms with Crippen LogP contribution in [0, 0.1) is 5.92 Å². The summed E-state index contributed by atoms with van der Waals surface area (Å²) in [5.74, 6) is 1.47. The van der Waals surface area contributed by atoms with Crippen molar-refractivity contribution in [3.63, 3.8) is 0 Å². The van der Waals surface area contributed by atoms with E-state index in [1.165, 1.54) is 0 Å². The Labute approximate surface area is 121 Å². The molecule has 0 aromatic heterocycles. The number of phenols is 1. The fourth-order valence-corrected chi connectivity index (χ4v) is 2.88. The molecular formula is C16H26N2O2. The summed E-state index contributed by atoms with van der Waals surface area (Å²) in [7, 11) is 2.17. The summed E-state index contributed by atoms with van der Waals surface area (Å²) in [6.07, 6.45) is 1.16. The molecule has 1 aromatic rings. The summed E-state index contributed by atoms with van der Waals surface area (Å²) in [5, 5.41) is 13.8. The highest BCUT2D eigenvalue weighted by Gasteiger charge is 2.23. The number of benzene rings is 1. The van der Waals surface area contributed by atoms with Gasteiger partial charge in [-0.15, -0.1) is 0 Å². The van der Waals surface area contributed by atoms with Crippen LogP contribution in [0.15, 0.2) is 18.2 Å². The third-order valence-corrected chi connectivity index (χ3v) is 4.05. The number of hydrogen-bond donors (Lipinski definition) is 2. The predicted molar refractivity (Wildman–Crippen MR) is 81.2 cm³/mol. The first-order chi connectivity index (χ1) is 9.61. The molecular weight excluding hydrogens is 252 g/mol. The zero-order valence-electron chi connectivity index (χ0n) is 12.7. The van der Waals surface area contributed by atoms with Crippen molar-refractivity contribution in [2.75, 3.05) is 26.7 Å². The second-order valence-electron chi connectivity index (χ2n) is 5.71. The molecule has 1 aliphatic rings. The van der Waals surface area contributed by atoms with Crippen molar-refractivity contribution in [3.8, 4) is 11.5 Å². The first kappa shape index (κ1) is 15.1. The zero-order valence-corrected chi connectivity index (χ0v) is 12.7. The summed E-state index contributed by atoms with van der Waals surface area (Å²) in [6, 6.07) is 6.20. The van der Waals surface area contributed by atoms with Gasteiger partial charge in [-0.25, -0.2) is 0 Å². The van der Waals surface area contributed by atoms with E-state index in [4.69, 9.17) is 4.74 Å². The number of rotatable bonds is 5. The summed E-state index contributed by atoms with van der Waals surface area (Å²) in [6.45, 7) is 7.71. The average Bonchev–Trinajstić information content (AvgIpc) is 2.42. The van der Waals surface area contributed by atoms with Gasteiger partial charge in [0.2, 0.25) is 0 Å². The minimum absolute atomic E-state index is 0.266. The smallest absolute Gasteiger partial charge is 0.162 e. The van der Waals surface area contributed by atoms with Crippen LogP contribution in [-0.2, 0) is 6.54 Å². The van der Waals surface area contributed by atoms with Crippen molar-refractivity contribution >= 4 is 0 Å². The number of piperidine rings is 1. The summed E-state index contributed by atoms with van der Waals surface area (Å²) >= 11 is 0. The van der Waals surface area contributed by atoms with E-state index in [0.717, 1.165) is 25.1 Å². The highest BCUT2D eigenvalue weighted by molar-refractivity contribution is 5.45. The number of ether oxygens (including phenoxy) is 1. The second-order valence-corrected chi connectivity index (χ2v) is 5.71. The van der Waals surface area contributed by atoms with Gasteiger partial charge < -0.3 is 20.1 Å². The van der Waals surface area contributed by atoms with Crippen LogP contribution in [0.5, 0.6) is 11.5 Å². The Kier molecular flexibility index (Phi) is 5.26. The number of nitrogens with one attached hydrogen (secondary N) is 1. The first-order valence-electron chi connectivity index (χ1n) is 7.47. The molecule has 1 saturated heterocycles. The molecule has 0 spiro atoms. The normalized spacial score (nSPS) is 23.8. The van der Waals surface area contributed by atoms with Gasteiger partial charge in [0.1, 0.15) is 0 Å². The lowest BCUT2D eigenvalue weighted by Crippen LogP contribution is -2.46. The molecule has 0 saturated carbocycles. The maximum Gasteiger partial charge on any atom is 0.162 e. The van der Waals surface area contributed by atoms with Gasteiger partial charge in [0.25, 0.3) is 0 Å². The fourth-order valence-electron chi connectivity index (χ4n) is 2.88. The quantitative estimate of drug-likeness (QED) is 0.867. The fraction of sp³-hybridized carbons (Fsp3) is 0.625. The van der Waals surface area contributed by atoms with Crippen LogP contribution in [-0.4, -0.2) is 42.8 Å². The van der Waals surface area contributed by atoms with Crippen LogP contribution in [0.1, 0.15) is 25.8 Å². The van der Waals surface area contributed by atoms with Gasteiger partial charge in [0.15, 0.2) is 11.5 Å². The van der Waals surface area contributed by atoms with Gasteiger partial charge in [-0.2, -0.15) is 0 Å². The van der Waals surface area contributed by atoms with E-state index in [-0.39, 0.29) is 5.75 Å². The van der Waals surface area contributed by atoms with Crippen LogP contribution in [0.25, 0.3) is 0 Å². The molecule has 1 heterocycles. The maximum atomic E-state index is 10.2. The molecule has 4 heteroatoms. The molecule has 2 unspecified atom stereocenters. The third-order valence-electron chi connectivity index (χ3n) is 4.05. The highest BCUT2D eigenvalue weighted by Crippen LogP contribution is 2.30. The van der Waals surface area contributed by atoms with E-state index in [1.54, 1.807) is 6.07 Å². The summed E-state index contributed by atoms with van der Waals surface area (Å²) < 4.78 is 5.42. The topological polar surface area (TPSA) is 44.7 Å². The maximum absolute atomic E-state index is 10.2. The van der Waals surface area contributed by atoms with Gasteiger partial charge in [0.05, 0.1) is 6.61 Å². The van der Waals surface area contributed by atoms with E-state index in [1.807, 2.05) is 19.1 Å². The van der Waals surface area contributed by atoms with Gasteiger partial charge in [-0.3, -0.25) is 0 Å². The number of para-hydroxylation sites is 1. The minimum Gasteiger partial charge on any atom is -0.504 e. The molecule has 1 fully saturated rings. The number of nitrogens with zero attached hydrogens (tertiary/aromatic N) is 1. The number of hydrogen-bond acceptors (Lipinski definition) is 4. The SMILES string of the molecule is CCOc1cccc(CNC2CCN(C)CC2C)c1O. The molecule has 0 amide bonds.